The van der Waals surface area contributed by atoms with Gasteiger partial charge in [-0.25, -0.2) is 12.8 Å². The zero-order valence-electron chi connectivity index (χ0n) is 19.3. The Hall–Kier alpha value is -3.33. The first-order valence-corrected chi connectivity index (χ1v) is 12.8. The van der Waals surface area contributed by atoms with E-state index in [0.29, 0.717) is 29.8 Å². The lowest BCUT2D eigenvalue weighted by molar-refractivity contribution is -0.145. The molecule has 0 bridgehead atoms. The van der Waals surface area contributed by atoms with Crippen LogP contribution in [0, 0.1) is 17.6 Å². The van der Waals surface area contributed by atoms with Gasteiger partial charge >= 0.3 is 5.97 Å². The molecule has 0 radical (unpaired) electrons. The van der Waals surface area contributed by atoms with E-state index in [9.17, 15) is 22.5 Å². The smallest absolute Gasteiger partial charge is 0.313 e. The minimum absolute atomic E-state index is 0.0761. The number of nitroso groups, excluding NO2 is 1. The number of ether oxygens (including phenoxy) is 1. The number of halogens is 1. The van der Waals surface area contributed by atoms with Gasteiger partial charge in [0.15, 0.2) is 9.84 Å². The summed E-state index contributed by atoms with van der Waals surface area (Å²) >= 11 is 0. The molecule has 1 heterocycles. The molecule has 34 heavy (non-hydrogen) atoms. The second-order valence-corrected chi connectivity index (χ2v) is 10.0. The number of aromatic nitrogens is 1. The maximum absolute atomic E-state index is 14.1. The molecule has 0 aliphatic heterocycles. The molecule has 7 nitrogen and oxygen atoms in total. The van der Waals surface area contributed by atoms with Crippen LogP contribution in [-0.4, -0.2) is 38.4 Å². The van der Waals surface area contributed by atoms with Crippen LogP contribution in [0.1, 0.15) is 36.9 Å². The second kappa shape index (κ2) is 10.7. The van der Waals surface area contributed by atoms with E-state index in [-0.39, 0.29) is 18.0 Å². The summed E-state index contributed by atoms with van der Waals surface area (Å²) in [4.78, 5) is 23.3. The lowest BCUT2D eigenvalue weighted by Crippen LogP contribution is -2.17. The van der Waals surface area contributed by atoms with Crippen LogP contribution < -0.4 is 0 Å². The number of hydrogen-bond acceptors (Lipinski definition) is 6. The van der Waals surface area contributed by atoms with E-state index in [0.717, 1.165) is 17.5 Å². The van der Waals surface area contributed by atoms with E-state index in [1.165, 1.54) is 24.3 Å². The van der Waals surface area contributed by atoms with E-state index in [4.69, 9.17) is 4.74 Å². The van der Waals surface area contributed by atoms with Crippen molar-refractivity contribution in [3.63, 3.8) is 0 Å². The Morgan fingerprint density at radius 2 is 1.85 bits per heavy atom. The number of nitrogens with zero attached hydrogens (tertiary/aromatic N) is 2. The Morgan fingerprint density at radius 1 is 1.15 bits per heavy atom. The fraction of sp³-hybridized carbons (Fsp3) is 0.320. The van der Waals surface area contributed by atoms with Crippen LogP contribution in [0.3, 0.4) is 0 Å². The van der Waals surface area contributed by atoms with Gasteiger partial charge in [0.1, 0.15) is 5.82 Å². The quantitative estimate of drug-likeness (QED) is 0.223. The minimum atomic E-state index is -3.36. The lowest BCUT2D eigenvalue weighted by Gasteiger charge is -2.16. The summed E-state index contributed by atoms with van der Waals surface area (Å²) < 4.78 is 45.0. The standard InChI is InChI=1S/C25H27FN2O5S/c1-4-22(25(29)33-14-6-13-27-30)23-16-24(18-9-11-21(12-10-18)34(3,31)32)28(17(23)2)20-8-5-7-19(26)15-20/h5,7-12,15-16,22H,4,6,13-14H2,1-3H3. The number of carbonyl (C=O) groups excluding carboxylic acids is 1. The van der Waals surface area contributed by atoms with E-state index >= 15 is 0 Å². The van der Waals surface area contributed by atoms with Crippen LogP contribution in [0.5, 0.6) is 0 Å². The van der Waals surface area contributed by atoms with Crippen molar-refractivity contribution in [2.45, 2.75) is 37.5 Å². The maximum atomic E-state index is 14.1. The van der Waals surface area contributed by atoms with Gasteiger partial charge in [-0.1, -0.05) is 30.3 Å². The van der Waals surface area contributed by atoms with Crippen LogP contribution in [-0.2, 0) is 19.4 Å². The van der Waals surface area contributed by atoms with Crippen molar-refractivity contribution >= 4 is 15.8 Å². The fourth-order valence-corrected chi connectivity index (χ4v) is 4.56. The van der Waals surface area contributed by atoms with Crippen molar-refractivity contribution in [3.8, 4) is 16.9 Å². The van der Waals surface area contributed by atoms with Gasteiger partial charge in [0.25, 0.3) is 0 Å². The summed E-state index contributed by atoms with van der Waals surface area (Å²) in [5.41, 5.74) is 3.45. The Balaban J connectivity index is 2.10. The van der Waals surface area contributed by atoms with Crippen LogP contribution in [0.15, 0.2) is 64.7 Å². The van der Waals surface area contributed by atoms with Gasteiger partial charge in [0, 0.05) is 24.1 Å². The van der Waals surface area contributed by atoms with E-state index < -0.39 is 27.5 Å². The number of benzene rings is 2. The number of carbonyl (C=O) groups is 1. The van der Waals surface area contributed by atoms with Crippen molar-refractivity contribution in [1.82, 2.24) is 4.57 Å². The molecule has 3 aromatic rings. The van der Waals surface area contributed by atoms with Gasteiger partial charge in [-0.15, -0.1) is 0 Å². The summed E-state index contributed by atoms with van der Waals surface area (Å²) in [6.45, 7) is 3.90. The molecular weight excluding hydrogens is 459 g/mol. The normalized spacial score (nSPS) is 12.4. The molecule has 0 N–H and O–H groups in total. The van der Waals surface area contributed by atoms with E-state index in [1.807, 2.05) is 24.5 Å². The highest BCUT2D eigenvalue weighted by Gasteiger charge is 2.27. The topological polar surface area (TPSA) is 94.8 Å². The van der Waals surface area contributed by atoms with Crippen LogP contribution in [0.25, 0.3) is 16.9 Å². The van der Waals surface area contributed by atoms with Crippen LogP contribution >= 0.6 is 0 Å². The molecule has 3 rings (SSSR count). The van der Waals surface area contributed by atoms with Gasteiger partial charge in [-0.05, 0) is 60.9 Å². The SMILES string of the molecule is CCC(C(=O)OCCCN=O)c1cc(-c2ccc(S(C)(=O)=O)cc2)n(-c2cccc(F)c2)c1C. The summed E-state index contributed by atoms with van der Waals surface area (Å²) in [5, 5.41) is 2.77. The highest BCUT2D eigenvalue weighted by molar-refractivity contribution is 7.90. The molecule has 0 fully saturated rings. The molecule has 0 aliphatic rings. The monoisotopic (exact) mass is 486 g/mol. The average Bonchev–Trinajstić information content (AvgIpc) is 3.13. The third-order valence-electron chi connectivity index (χ3n) is 5.64. The number of hydrogen-bond donors (Lipinski definition) is 0. The first-order chi connectivity index (χ1) is 16.2. The second-order valence-electron chi connectivity index (χ2n) is 8.02. The highest BCUT2D eigenvalue weighted by atomic mass is 32.2. The summed E-state index contributed by atoms with van der Waals surface area (Å²) in [6.07, 6.45) is 1.97. The molecular formula is C25H27FN2O5S. The number of sulfone groups is 1. The summed E-state index contributed by atoms with van der Waals surface area (Å²) in [5.74, 6) is -1.37. The van der Waals surface area contributed by atoms with Crippen LogP contribution in [0.4, 0.5) is 4.39 Å². The molecule has 9 heteroatoms. The van der Waals surface area contributed by atoms with Gasteiger partial charge in [-0.3, -0.25) is 4.79 Å². The van der Waals surface area contributed by atoms with Gasteiger partial charge in [0.05, 0.1) is 29.7 Å². The Bertz CT molecular complexity index is 1280. The lowest BCUT2D eigenvalue weighted by atomic mass is 9.96. The molecule has 1 aromatic heterocycles. The molecule has 0 saturated carbocycles. The Morgan fingerprint density at radius 3 is 2.44 bits per heavy atom. The van der Waals surface area contributed by atoms with Gasteiger partial charge in [-0.2, -0.15) is 4.91 Å². The first-order valence-electron chi connectivity index (χ1n) is 10.9. The molecule has 2 aromatic carbocycles. The minimum Gasteiger partial charge on any atom is -0.465 e. The summed E-state index contributed by atoms with van der Waals surface area (Å²) in [7, 11) is -3.36. The number of rotatable bonds is 10. The summed E-state index contributed by atoms with van der Waals surface area (Å²) in [6, 6.07) is 14.4. The van der Waals surface area contributed by atoms with E-state index in [1.54, 1.807) is 24.3 Å². The van der Waals surface area contributed by atoms with Crippen molar-refractivity contribution in [2.75, 3.05) is 19.4 Å². The van der Waals surface area contributed by atoms with E-state index in [2.05, 4.69) is 5.18 Å². The fourth-order valence-electron chi connectivity index (χ4n) is 3.93. The van der Waals surface area contributed by atoms with Gasteiger partial charge < -0.3 is 9.30 Å². The Labute approximate surface area is 198 Å². The third kappa shape index (κ3) is 5.59. The molecule has 0 amide bonds. The zero-order chi connectivity index (χ0) is 24.9. The molecule has 1 atom stereocenters. The average molecular weight is 487 g/mol. The predicted molar refractivity (Wildman–Crippen MR) is 128 cm³/mol. The molecule has 0 saturated heterocycles. The van der Waals surface area contributed by atoms with Crippen molar-refractivity contribution in [2.24, 2.45) is 5.18 Å². The molecule has 0 spiro atoms. The first kappa shape index (κ1) is 25.3. The van der Waals surface area contributed by atoms with Crippen LogP contribution in [0.2, 0.25) is 0 Å². The van der Waals surface area contributed by atoms with Crippen molar-refractivity contribution < 1.29 is 22.3 Å². The van der Waals surface area contributed by atoms with Crippen molar-refractivity contribution in [1.29, 1.82) is 0 Å². The molecule has 0 aliphatic carbocycles. The maximum Gasteiger partial charge on any atom is 0.313 e. The third-order valence-corrected chi connectivity index (χ3v) is 6.77. The van der Waals surface area contributed by atoms with Gasteiger partial charge in [0.2, 0.25) is 0 Å². The molecule has 1 unspecified atom stereocenters. The largest absolute Gasteiger partial charge is 0.465 e. The van der Waals surface area contributed by atoms with Crippen molar-refractivity contribution in [3.05, 3.63) is 76.6 Å². The Kier molecular flexibility index (Phi) is 7.98. The zero-order valence-corrected chi connectivity index (χ0v) is 20.1. The highest BCUT2D eigenvalue weighted by Crippen LogP contribution is 2.35. The number of esters is 1. The molecule has 180 valence electrons. The predicted octanol–water partition coefficient (Wildman–Crippen LogP) is 5.19.